The van der Waals surface area contributed by atoms with Gasteiger partial charge in [0.1, 0.15) is 0 Å². The van der Waals surface area contributed by atoms with Crippen LogP contribution < -0.4 is 5.32 Å². The molecule has 1 saturated carbocycles. The van der Waals surface area contributed by atoms with Crippen molar-refractivity contribution in [2.45, 2.75) is 51.2 Å². The van der Waals surface area contributed by atoms with E-state index in [1.54, 1.807) is 0 Å². The lowest BCUT2D eigenvalue weighted by atomic mass is 10.1. The zero-order chi connectivity index (χ0) is 13.1. The van der Waals surface area contributed by atoms with Gasteiger partial charge in [0.05, 0.1) is 0 Å². The molecule has 2 aliphatic rings. The van der Waals surface area contributed by atoms with Crippen LogP contribution >= 0.6 is 0 Å². The van der Waals surface area contributed by atoms with Crippen LogP contribution in [0.1, 0.15) is 39.0 Å². The van der Waals surface area contributed by atoms with E-state index >= 15 is 0 Å². The number of hydrogen-bond acceptors (Lipinski definition) is 4. The van der Waals surface area contributed by atoms with Gasteiger partial charge in [0, 0.05) is 12.5 Å². The number of carbonyl (C=O) groups is 2. The molecule has 0 saturated heterocycles. The number of aliphatic carboxylic acids is 1. The van der Waals surface area contributed by atoms with E-state index in [1.807, 2.05) is 6.92 Å². The van der Waals surface area contributed by atoms with Crippen LogP contribution in [0.4, 0.5) is 0 Å². The summed E-state index contributed by atoms with van der Waals surface area (Å²) in [5, 5.41) is 15.0. The average Bonchev–Trinajstić information content (AvgIpc) is 3.00. The molecule has 0 aromatic carbocycles. The van der Waals surface area contributed by atoms with E-state index < -0.39 is 12.1 Å². The van der Waals surface area contributed by atoms with Crippen molar-refractivity contribution in [3.8, 4) is 0 Å². The Hall–Kier alpha value is -1.59. The Morgan fingerprint density at radius 1 is 1.56 bits per heavy atom. The molecule has 0 aromatic rings. The Kier molecular flexibility index (Phi) is 3.84. The Morgan fingerprint density at radius 2 is 2.28 bits per heavy atom. The number of rotatable bonds is 6. The van der Waals surface area contributed by atoms with Gasteiger partial charge in [-0.2, -0.15) is 0 Å². The molecule has 1 aliphatic carbocycles. The molecule has 100 valence electrons. The fourth-order valence-corrected chi connectivity index (χ4v) is 2.02. The molecular formula is C12H18N2O4. The van der Waals surface area contributed by atoms with E-state index in [9.17, 15) is 9.59 Å². The van der Waals surface area contributed by atoms with Crippen molar-refractivity contribution in [1.29, 1.82) is 0 Å². The topological polar surface area (TPSA) is 88.0 Å². The number of carbonyl (C=O) groups excluding carboxylic acids is 1. The minimum absolute atomic E-state index is 0.0427. The summed E-state index contributed by atoms with van der Waals surface area (Å²) in [6, 6.07) is 0.155. The molecule has 2 N–H and O–H groups in total. The fraction of sp³-hybridized carbons (Fsp3) is 0.750. The number of nitrogens with one attached hydrogen (secondary N) is 1. The number of carboxylic acids is 1. The summed E-state index contributed by atoms with van der Waals surface area (Å²) in [5.41, 5.74) is -0.0922. The van der Waals surface area contributed by atoms with Gasteiger partial charge in [0.25, 0.3) is 5.91 Å². The first-order chi connectivity index (χ1) is 8.60. The Bertz CT molecular complexity index is 376. The lowest BCUT2D eigenvalue weighted by Gasteiger charge is -2.18. The molecule has 2 atom stereocenters. The second-order valence-electron chi connectivity index (χ2n) is 4.93. The third kappa shape index (κ3) is 3.21. The summed E-state index contributed by atoms with van der Waals surface area (Å²) in [5.74, 6) is -0.650. The largest absolute Gasteiger partial charge is 0.477 e. The van der Waals surface area contributed by atoms with E-state index in [0.717, 1.165) is 18.8 Å². The van der Waals surface area contributed by atoms with Crippen molar-refractivity contribution in [3.63, 3.8) is 0 Å². The Balaban J connectivity index is 1.79. The van der Waals surface area contributed by atoms with Crippen LogP contribution in [-0.4, -0.2) is 34.8 Å². The first kappa shape index (κ1) is 12.9. The van der Waals surface area contributed by atoms with Crippen LogP contribution in [0.3, 0.4) is 0 Å². The van der Waals surface area contributed by atoms with Gasteiger partial charge in [-0.1, -0.05) is 24.9 Å². The number of carboxylic acid groups (broad SMARTS) is 1. The number of oxime groups is 1. The van der Waals surface area contributed by atoms with Crippen molar-refractivity contribution in [2.24, 2.45) is 11.1 Å². The van der Waals surface area contributed by atoms with Gasteiger partial charge in [-0.3, -0.25) is 4.79 Å². The highest BCUT2D eigenvalue weighted by molar-refractivity contribution is 6.36. The van der Waals surface area contributed by atoms with Crippen molar-refractivity contribution >= 4 is 17.6 Å². The van der Waals surface area contributed by atoms with E-state index in [4.69, 9.17) is 9.94 Å². The molecule has 1 heterocycles. The zero-order valence-electron chi connectivity index (χ0n) is 10.4. The molecule has 1 amide bonds. The van der Waals surface area contributed by atoms with E-state index in [1.165, 1.54) is 12.8 Å². The van der Waals surface area contributed by atoms with Crippen molar-refractivity contribution in [1.82, 2.24) is 5.32 Å². The maximum absolute atomic E-state index is 11.9. The van der Waals surface area contributed by atoms with Crippen molar-refractivity contribution < 1.29 is 19.5 Å². The molecule has 6 heteroatoms. The second kappa shape index (κ2) is 5.37. The maximum atomic E-state index is 11.9. The standard InChI is InChI=1S/C12H18N2O4/c1-2-8(5-7-3-4-7)13-11(15)10-6-9(12(16)17)14-18-10/h7-8,10H,2-6H2,1H3,(H,13,15)(H,16,17). The molecule has 1 aliphatic heterocycles. The summed E-state index contributed by atoms with van der Waals surface area (Å²) in [7, 11) is 0. The Labute approximate surface area is 105 Å². The number of hydrogen-bond donors (Lipinski definition) is 2. The van der Waals surface area contributed by atoms with Crippen LogP contribution in [0.2, 0.25) is 0 Å². The van der Waals surface area contributed by atoms with Crippen LogP contribution in [0.25, 0.3) is 0 Å². The minimum atomic E-state index is -1.13. The zero-order valence-corrected chi connectivity index (χ0v) is 10.4. The van der Waals surface area contributed by atoms with Crippen LogP contribution in [0.15, 0.2) is 5.16 Å². The van der Waals surface area contributed by atoms with Gasteiger partial charge in [0.2, 0.25) is 6.10 Å². The quantitative estimate of drug-likeness (QED) is 0.737. The summed E-state index contributed by atoms with van der Waals surface area (Å²) < 4.78 is 0. The van der Waals surface area contributed by atoms with Gasteiger partial charge in [-0.25, -0.2) is 4.79 Å². The summed E-state index contributed by atoms with van der Waals surface area (Å²) >= 11 is 0. The molecule has 0 bridgehead atoms. The lowest BCUT2D eigenvalue weighted by Crippen LogP contribution is -2.41. The van der Waals surface area contributed by atoms with E-state index in [2.05, 4.69) is 10.5 Å². The van der Waals surface area contributed by atoms with E-state index in [0.29, 0.717) is 0 Å². The number of amides is 1. The molecule has 2 unspecified atom stereocenters. The maximum Gasteiger partial charge on any atom is 0.353 e. The minimum Gasteiger partial charge on any atom is -0.477 e. The van der Waals surface area contributed by atoms with Crippen molar-refractivity contribution in [2.75, 3.05) is 0 Å². The molecule has 6 nitrogen and oxygen atoms in total. The first-order valence-electron chi connectivity index (χ1n) is 6.36. The third-order valence-electron chi connectivity index (χ3n) is 3.36. The van der Waals surface area contributed by atoms with Gasteiger partial charge < -0.3 is 15.3 Å². The normalized spacial score (nSPS) is 24.1. The average molecular weight is 254 g/mol. The number of nitrogens with zero attached hydrogens (tertiary/aromatic N) is 1. The van der Waals surface area contributed by atoms with Gasteiger partial charge >= 0.3 is 5.97 Å². The van der Waals surface area contributed by atoms with Crippen molar-refractivity contribution in [3.05, 3.63) is 0 Å². The monoisotopic (exact) mass is 254 g/mol. The third-order valence-corrected chi connectivity index (χ3v) is 3.36. The molecule has 0 aromatic heterocycles. The highest BCUT2D eigenvalue weighted by atomic mass is 16.6. The van der Waals surface area contributed by atoms with Gasteiger partial charge in [0.15, 0.2) is 5.71 Å². The molecule has 18 heavy (non-hydrogen) atoms. The molecular weight excluding hydrogens is 236 g/mol. The lowest BCUT2D eigenvalue weighted by molar-refractivity contribution is -0.132. The highest BCUT2D eigenvalue weighted by Gasteiger charge is 2.33. The fourth-order valence-electron chi connectivity index (χ4n) is 2.02. The van der Waals surface area contributed by atoms with Crippen LogP contribution in [0.5, 0.6) is 0 Å². The predicted molar refractivity (Wildman–Crippen MR) is 64.1 cm³/mol. The summed E-state index contributed by atoms with van der Waals surface area (Å²) in [6.07, 6.45) is 3.63. The SMILES string of the molecule is CCC(CC1CC1)NC(=O)C1CC(C(=O)O)=NO1. The predicted octanol–water partition coefficient (Wildman–Crippen LogP) is 0.911. The smallest absolute Gasteiger partial charge is 0.353 e. The summed E-state index contributed by atoms with van der Waals surface area (Å²) in [4.78, 5) is 27.4. The second-order valence-corrected chi connectivity index (χ2v) is 4.93. The van der Waals surface area contributed by atoms with Crippen LogP contribution in [0, 0.1) is 5.92 Å². The molecule has 0 radical (unpaired) electrons. The first-order valence-corrected chi connectivity index (χ1v) is 6.36. The van der Waals surface area contributed by atoms with E-state index in [-0.39, 0.29) is 24.1 Å². The molecule has 1 fully saturated rings. The van der Waals surface area contributed by atoms with Gasteiger partial charge in [-0.05, 0) is 18.8 Å². The molecule has 2 rings (SSSR count). The summed E-state index contributed by atoms with van der Waals surface area (Å²) in [6.45, 7) is 2.03. The van der Waals surface area contributed by atoms with Gasteiger partial charge in [-0.15, -0.1) is 0 Å². The Morgan fingerprint density at radius 3 is 2.78 bits per heavy atom. The highest BCUT2D eigenvalue weighted by Crippen LogP contribution is 2.34. The molecule has 0 spiro atoms. The van der Waals surface area contributed by atoms with Crippen LogP contribution in [-0.2, 0) is 14.4 Å².